The molecular formula is C19H14N4O3S. The molecule has 1 aliphatic heterocycles. The van der Waals surface area contributed by atoms with E-state index >= 15 is 0 Å². The predicted octanol–water partition coefficient (Wildman–Crippen LogP) is 2.99. The van der Waals surface area contributed by atoms with E-state index in [2.05, 4.69) is 15.3 Å². The highest BCUT2D eigenvalue weighted by atomic mass is 32.1. The van der Waals surface area contributed by atoms with Crippen LogP contribution in [0, 0.1) is 6.92 Å². The van der Waals surface area contributed by atoms with Gasteiger partial charge in [0.25, 0.3) is 17.7 Å². The van der Waals surface area contributed by atoms with Crippen molar-refractivity contribution in [2.75, 3.05) is 12.4 Å². The number of anilines is 1. The van der Waals surface area contributed by atoms with E-state index in [-0.39, 0.29) is 23.3 Å². The van der Waals surface area contributed by atoms with Crippen LogP contribution in [-0.4, -0.2) is 39.6 Å². The number of nitrogens with zero attached hydrogens (tertiary/aromatic N) is 3. The first-order chi connectivity index (χ1) is 13.0. The van der Waals surface area contributed by atoms with E-state index in [9.17, 15) is 14.4 Å². The lowest BCUT2D eigenvalue weighted by atomic mass is 10.1. The van der Waals surface area contributed by atoms with Crippen molar-refractivity contribution in [2.45, 2.75) is 6.92 Å². The van der Waals surface area contributed by atoms with Crippen LogP contribution in [-0.2, 0) is 0 Å². The van der Waals surface area contributed by atoms with Crippen molar-refractivity contribution in [2.24, 2.45) is 0 Å². The molecule has 0 atom stereocenters. The molecule has 0 spiro atoms. The molecule has 0 radical (unpaired) electrons. The Labute approximate surface area is 158 Å². The van der Waals surface area contributed by atoms with Gasteiger partial charge >= 0.3 is 0 Å². The summed E-state index contributed by atoms with van der Waals surface area (Å²) in [5, 5.41) is 3.43. The number of carbonyl (C=O) groups is 3. The summed E-state index contributed by atoms with van der Waals surface area (Å²) in [6, 6.07) is 10.2. The number of carbonyl (C=O) groups excluding carboxylic acids is 3. The average Bonchev–Trinajstić information content (AvgIpc) is 3.17. The standard InChI is InChI=1S/C19H14N4O3S/c1-10-15(27-17(21-10)14-5-3-4-8-20-14)16(24)22-11-6-7-12-13(9-11)19(26)23(2)18(12)25/h3-9H,1-2H3,(H,22,24). The SMILES string of the molecule is Cc1nc(-c2ccccn2)sc1C(=O)Nc1ccc2c(c1)C(=O)N(C)C2=O. The molecule has 1 aliphatic rings. The summed E-state index contributed by atoms with van der Waals surface area (Å²) in [7, 11) is 1.43. The van der Waals surface area contributed by atoms with Crippen molar-refractivity contribution < 1.29 is 14.4 Å². The molecular weight excluding hydrogens is 364 g/mol. The molecule has 0 fully saturated rings. The van der Waals surface area contributed by atoms with Crippen LogP contribution in [0.3, 0.4) is 0 Å². The Kier molecular flexibility index (Phi) is 4.04. The maximum atomic E-state index is 12.7. The van der Waals surface area contributed by atoms with Crippen LogP contribution in [0.5, 0.6) is 0 Å². The molecule has 27 heavy (non-hydrogen) atoms. The second kappa shape index (κ2) is 6.40. The van der Waals surface area contributed by atoms with Crippen LogP contribution in [0.4, 0.5) is 5.69 Å². The minimum Gasteiger partial charge on any atom is -0.321 e. The number of hydrogen-bond acceptors (Lipinski definition) is 6. The summed E-state index contributed by atoms with van der Waals surface area (Å²) in [4.78, 5) is 46.9. The molecule has 134 valence electrons. The number of rotatable bonds is 3. The fourth-order valence-electron chi connectivity index (χ4n) is 2.83. The van der Waals surface area contributed by atoms with Gasteiger partial charge in [0.2, 0.25) is 0 Å². The molecule has 0 bridgehead atoms. The summed E-state index contributed by atoms with van der Waals surface area (Å²) in [6.45, 7) is 1.76. The van der Waals surface area contributed by atoms with Crippen molar-refractivity contribution in [1.82, 2.24) is 14.9 Å². The fraction of sp³-hybridized carbons (Fsp3) is 0.105. The monoisotopic (exact) mass is 378 g/mol. The summed E-state index contributed by atoms with van der Waals surface area (Å²) in [5.74, 6) is -1.04. The van der Waals surface area contributed by atoms with Crippen LogP contribution < -0.4 is 5.32 Å². The van der Waals surface area contributed by atoms with Crippen LogP contribution in [0.25, 0.3) is 10.7 Å². The zero-order chi connectivity index (χ0) is 19.1. The third-order valence-electron chi connectivity index (χ3n) is 4.23. The Bertz CT molecular complexity index is 1090. The zero-order valence-electron chi connectivity index (χ0n) is 14.5. The number of aryl methyl sites for hydroxylation is 1. The van der Waals surface area contributed by atoms with Crippen LogP contribution in [0.2, 0.25) is 0 Å². The topological polar surface area (TPSA) is 92.3 Å². The Morgan fingerprint density at radius 3 is 2.63 bits per heavy atom. The van der Waals surface area contributed by atoms with Gasteiger partial charge in [0.15, 0.2) is 0 Å². The molecule has 0 aliphatic carbocycles. The van der Waals surface area contributed by atoms with Crippen molar-refractivity contribution in [3.8, 4) is 10.7 Å². The molecule has 3 aromatic rings. The number of pyridine rings is 1. The molecule has 1 N–H and O–H groups in total. The average molecular weight is 378 g/mol. The maximum Gasteiger partial charge on any atom is 0.267 e. The minimum atomic E-state index is -0.377. The number of aromatic nitrogens is 2. The Morgan fingerprint density at radius 2 is 1.89 bits per heavy atom. The van der Waals surface area contributed by atoms with Gasteiger partial charge in [0.05, 0.1) is 22.5 Å². The number of fused-ring (bicyclic) bond motifs is 1. The summed E-state index contributed by atoms with van der Waals surface area (Å²) < 4.78 is 0. The van der Waals surface area contributed by atoms with Gasteiger partial charge in [0.1, 0.15) is 9.88 Å². The zero-order valence-corrected chi connectivity index (χ0v) is 15.3. The number of benzene rings is 1. The normalized spacial score (nSPS) is 13.0. The number of imide groups is 1. The molecule has 3 heterocycles. The maximum absolute atomic E-state index is 12.7. The fourth-order valence-corrected chi connectivity index (χ4v) is 3.77. The Balaban J connectivity index is 1.60. The lowest BCUT2D eigenvalue weighted by Gasteiger charge is -2.05. The molecule has 4 rings (SSSR count). The minimum absolute atomic E-state index is 0.288. The highest BCUT2D eigenvalue weighted by molar-refractivity contribution is 7.17. The summed E-state index contributed by atoms with van der Waals surface area (Å²) >= 11 is 1.25. The molecule has 7 nitrogen and oxygen atoms in total. The smallest absolute Gasteiger partial charge is 0.267 e. The molecule has 1 aromatic carbocycles. The van der Waals surface area contributed by atoms with E-state index in [0.29, 0.717) is 32.5 Å². The van der Waals surface area contributed by atoms with Crippen LogP contribution in [0.15, 0.2) is 42.6 Å². The summed E-state index contributed by atoms with van der Waals surface area (Å²) in [6.07, 6.45) is 1.67. The Hall–Kier alpha value is -3.39. The van der Waals surface area contributed by atoms with Gasteiger partial charge in [-0.3, -0.25) is 24.3 Å². The highest BCUT2D eigenvalue weighted by Gasteiger charge is 2.32. The number of nitrogens with one attached hydrogen (secondary N) is 1. The number of thiazole rings is 1. The van der Waals surface area contributed by atoms with Crippen molar-refractivity contribution >= 4 is 34.7 Å². The van der Waals surface area contributed by atoms with E-state index in [4.69, 9.17) is 0 Å². The van der Waals surface area contributed by atoms with E-state index in [1.54, 1.807) is 25.3 Å². The van der Waals surface area contributed by atoms with E-state index in [1.165, 1.54) is 24.5 Å². The van der Waals surface area contributed by atoms with Crippen LogP contribution >= 0.6 is 11.3 Å². The molecule has 3 amide bonds. The molecule has 2 aromatic heterocycles. The van der Waals surface area contributed by atoms with Gasteiger partial charge in [-0.15, -0.1) is 11.3 Å². The first-order valence-electron chi connectivity index (χ1n) is 8.12. The summed E-state index contributed by atoms with van der Waals surface area (Å²) in [5.41, 5.74) is 2.38. The lowest BCUT2D eigenvalue weighted by molar-refractivity contribution is 0.0692. The van der Waals surface area contributed by atoms with E-state index < -0.39 is 0 Å². The quantitative estimate of drug-likeness (QED) is 0.708. The number of amides is 3. The molecule has 0 saturated carbocycles. The van der Waals surface area contributed by atoms with Gasteiger partial charge in [-0.1, -0.05) is 6.07 Å². The lowest BCUT2D eigenvalue weighted by Crippen LogP contribution is -2.24. The van der Waals surface area contributed by atoms with E-state index in [0.717, 1.165) is 4.90 Å². The second-order valence-corrected chi connectivity index (χ2v) is 7.03. The Morgan fingerprint density at radius 1 is 1.11 bits per heavy atom. The van der Waals surface area contributed by atoms with Crippen molar-refractivity contribution in [3.05, 3.63) is 64.3 Å². The molecule has 0 saturated heterocycles. The third kappa shape index (κ3) is 2.89. The first kappa shape index (κ1) is 17.0. The van der Waals surface area contributed by atoms with Crippen LogP contribution in [0.1, 0.15) is 36.1 Å². The van der Waals surface area contributed by atoms with Gasteiger partial charge in [0, 0.05) is 18.9 Å². The largest absolute Gasteiger partial charge is 0.321 e. The third-order valence-corrected chi connectivity index (χ3v) is 5.41. The molecule has 8 heteroatoms. The highest BCUT2D eigenvalue weighted by Crippen LogP contribution is 2.28. The van der Waals surface area contributed by atoms with Crippen molar-refractivity contribution in [3.63, 3.8) is 0 Å². The van der Waals surface area contributed by atoms with Gasteiger partial charge < -0.3 is 5.32 Å². The first-order valence-corrected chi connectivity index (χ1v) is 8.94. The van der Waals surface area contributed by atoms with Gasteiger partial charge in [-0.25, -0.2) is 4.98 Å². The van der Waals surface area contributed by atoms with Gasteiger partial charge in [-0.05, 0) is 37.3 Å². The van der Waals surface area contributed by atoms with Crippen molar-refractivity contribution in [1.29, 1.82) is 0 Å². The predicted molar refractivity (Wildman–Crippen MR) is 101 cm³/mol. The second-order valence-electron chi connectivity index (χ2n) is 6.03. The molecule has 0 unspecified atom stereocenters. The van der Waals surface area contributed by atoms with E-state index in [1.807, 2.05) is 18.2 Å². The van der Waals surface area contributed by atoms with Gasteiger partial charge in [-0.2, -0.15) is 0 Å². The number of hydrogen-bond donors (Lipinski definition) is 1.